The summed E-state index contributed by atoms with van der Waals surface area (Å²) in [6.07, 6.45) is 3.14. The molecule has 19 heavy (non-hydrogen) atoms. The van der Waals surface area contributed by atoms with Gasteiger partial charge < -0.3 is 10.3 Å². The summed E-state index contributed by atoms with van der Waals surface area (Å²) in [6.45, 7) is 1.86. The first-order valence-electron chi connectivity index (χ1n) is 6.31. The Morgan fingerprint density at radius 1 is 1.26 bits per heavy atom. The summed E-state index contributed by atoms with van der Waals surface area (Å²) in [5.74, 6) is 0. The highest BCUT2D eigenvalue weighted by molar-refractivity contribution is 7.10. The van der Waals surface area contributed by atoms with Crippen LogP contribution in [0.1, 0.15) is 10.4 Å². The number of rotatable bonds is 5. The van der Waals surface area contributed by atoms with Gasteiger partial charge in [-0.05, 0) is 30.7 Å². The van der Waals surface area contributed by atoms with Crippen LogP contribution in [-0.2, 0) is 13.0 Å². The summed E-state index contributed by atoms with van der Waals surface area (Å²) in [4.78, 5) is 4.59. The van der Waals surface area contributed by atoms with Crippen molar-refractivity contribution in [1.29, 1.82) is 0 Å². The predicted octanol–water partition coefficient (Wildman–Crippen LogP) is 4.22. The van der Waals surface area contributed by atoms with E-state index in [9.17, 15) is 0 Å². The summed E-state index contributed by atoms with van der Waals surface area (Å²) < 4.78 is 0. The third kappa shape index (κ3) is 3.00. The quantitative estimate of drug-likeness (QED) is 0.677. The lowest BCUT2D eigenvalue weighted by Crippen LogP contribution is -2.15. The van der Waals surface area contributed by atoms with Gasteiger partial charge in [0.05, 0.1) is 5.02 Å². The maximum Gasteiger partial charge on any atom is 0.0516 e. The monoisotopic (exact) mass is 290 g/mol. The minimum absolute atomic E-state index is 0.832. The second-order valence-corrected chi connectivity index (χ2v) is 5.95. The normalized spacial score (nSPS) is 11.2. The Labute approximate surface area is 121 Å². The van der Waals surface area contributed by atoms with E-state index in [1.54, 1.807) is 11.3 Å². The van der Waals surface area contributed by atoms with Gasteiger partial charge in [0.1, 0.15) is 0 Å². The molecule has 4 heteroatoms. The second kappa shape index (κ2) is 5.78. The number of halogens is 1. The summed E-state index contributed by atoms with van der Waals surface area (Å²) in [5, 5.41) is 7.58. The first-order chi connectivity index (χ1) is 9.33. The number of benzene rings is 1. The lowest BCUT2D eigenvalue weighted by atomic mass is 10.1. The minimum atomic E-state index is 0.832. The van der Waals surface area contributed by atoms with Crippen molar-refractivity contribution in [3.63, 3.8) is 0 Å². The average molecular weight is 291 g/mol. The molecule has 0 fully saturated rings. The van der Waals surface area contributed by atoms with Crippen LogP contribution in [0.15, 0.2) is 41.9 Å². The zero-order valence-corrected chi connectivity index (χ0v) is 12.0. The SMILES string of the molecule is Clc1csc(CNCCc2c[nH]c3ccccc23)c1. The van der Waals surface area contributed by atoms with Crippen LogP contribution in [0.2, 0.25) is 5.02 Å². The molecular weight excluding hydrogens is 276 g/mol. The van der Waals surface area contributed by atoms with Gasteiger partial charge in [-0.3, -0.25) is 0 Å². The van der Waals surface area contributed by atoms with Crippen molar-refractivity contribution in [3.05, 3.63) is 57.4 Å². The molecule has 0 bridgehead atoms. The fourth-order valence-corrected chi connectivity index (χ4v) is 3.26. The fraction of sp³-hybridized carbons (Fsp3) is 0.200. The summed E-state index contributed by atoms with van der Waals surface area (Å²) in [6, 6.07) is 10.4. The van der Waals surface area contributed by atoms with Crippen LogP contribution in [0.25, 0.3) is 10.9 Å². The van der Waals surface area contributed by atoms with E-state index in [1.165, 1.54) is 21.3 Å². The van der Waals surface area contributed by atoms with Crippen LogP contribution in [0.4, 0.5) is 0 Å². The topological polar surface area (TPSA) is 27.8 Å². The maximum atomic E-state index is 5.90. The Morgan fingerprint density at radius 2 is 2.16 bits per heavy atom. The summed E-state index contributed by atoms with van der Waals surface area (Å²) in [5.41, 5.74) is 2.58. The van der Waals surface area contributed by atoms with E-state index in [1.807, 2.05) is 11.4 Å². The van der Waals surface area contributed by atoms with Crippen LogP contribution >= 0.6 is 22.9 Å². The van der Waals surface area contributed by atoms with Gasteiger partial charge in [-0.2, -0.15) is 0 Å². The number of fused-ring (bicyclic) bond motifs is 1. The lowest BCUT2D eigenvalue weighted by Gasteiger charge is -2.02. The third-order valence-electron chi connectivity index (χ3n) is 3.17. The van der Waals surface area contributed by atoms with Crippen molar-refractivity contribution < 1.29 is 0 Å². The number of nitrogens with one attached hydrogen (secondary N) is 2. The van der Waals surface area contributed by atoms with Gasteiger partial charge in [0.15, 0.2) is 0 Å². The number of hydrogen-bond donors (Lipinski definition) is 2. The van der Waals surface area contributed by atoms with Gasteiger partial charge in [0, 0.05) is 33.9 Å². The Balaban J connectivity index is 1.55. The molecule has 0 aliphatic rings. The van der Waals surface area contributed by atoms with Crippen molar-refractivity contribution >= 4 is 33.8 Å². The van der Waals surface area contributed by atoms with Crippen molar-refractivity contribution in [3.8, 4) is 0 Å². The molecule has 0 spiro atoms. The van der Waals surface area contributed by atoms with Crippen molar-refractivity contribution in [2.45, 2.75) is 13.0 Å². The number of H-pyrrole nitrogens is 1. The third-order valence-corrected chi connectivity index (χ3v) is 4.45. The van der Waals surface area contributed by atoms with E-state index < -0.39 is 0 Å². The maximum absolute atomic E-state index is 5.90. The number of hydrogen-bond acceptors (Lipinski definition) is 2. The molecule has 0 saturated heterocycles. The predicted molar refractivity (Wildman–Crippen MR) is 83.0 cm³/mol. The molecule has 3 aromatic rings. The summed E-state index contributed by atoms with van der Waals surface area (Å²) in [7, 11) is 0. The molecule has 2 heterocycles. The Bertz CT molecular complexity index is 671. The molecule has 2 nitrogen and oxygen atoms in total. The van der Waals surface area contributed by atoms with Crippen molar-refractivity contribution in [1.82, 2.24) is 10.3 Å². The number of para-hydroxylation sites is 1. The van der Waals surface area contributed by atoms with Crippen LogP contribution in [-0.4, -0.2) is 11.5 Å². The lowest BCUT2D eigenvalue weighted by molar-refractivity contribution is 0.695. The molecule has 0 unspecified atom stereocenters. The molecule has 1 aromatic carbocycles. The molecule has 0 radical (unpaired) electrons. The molecule has 2 aromatic heterocycles. The Kier molecular flexibility index (Phi) is 3.87. The van der Waals surface area contributed by atoms with Crippen LogP contribution in [0.3, 0.4) is 0 Å². The molecule has 3 rings (SSSR count). The highest BCUT2D eigenvalue weighted by atomic mass is 35.5. The molecular formula is C15H15ClN2S. The second-order valence-electron chi connectivity index (χ2n) is 4.52. The molecule has 0 aliphatic heterocycles. The van der Waals surface area contributed by atoms with E-state index >= 15 is 0 Å². The van der Waals surface area contributed by atoms with E-state index in [-0.39, 0.29) is 0 Å². The van der Waals surface area contributed by atoms with E-state index in [0.717, 1.165) is 24.5 Å². The average Bonchev–Trinajstić information content (AvgIpc) is 3.02. The van der Waals surface area contributed by atoms with Crippen LogP contribution < -0.4 is 5.32 Å². The largest absolute Gasteiger partial charge is 0.361 e. The first-order valence-corrected chi connectivity index (χ1v) is 7.57. The highest BCUT2D eigenvalue weighted by Gasteiger charge is 2.02. The van der Waals surface area contributed by atoms with Gasteiger partial charge >= 0.3 is 0 Å². The van der Waals surface area contributed by atoms with Crippen molar-refractivity contribution in [2.24, 2.45) is 0 Å². The number of aromatic amines is 1. The van der Waals surface area contributed by atoms with Crippen LogP contribution in [0.5, 0.6) is 0 Å². The van der Waals surface area contributed by atoms with Gasteiger partial charge in [0.2, 0.25) is 0 Å². The Morgan fingerprint density at radius 3 is 3.00 bits per heavy atom. The van der Waals surface area contributed by atoms with Crippen molar-refractivity contribution in [2.75, 3.05) is 6.54 Å². The molecule has 98 valence electrons. The van der Waals surface area contributed by atoms with Gasteiger partial charge in [-0.1, -0.05) is 29.8 Å². The van der Waals surface area contributed by atoms with Gasteiger partial charge in [-0.15, -0.1) is 11.3 Å². The Hall–Kier alpha value is -1.29. The first kappa shape index (κ1) is 12.7. The van der Waals surface area contributed by atoms with Gasteiger partial charge in [-0.25, -0.2) is 0 Å². The molecule has 0 aliphatic carbocycles. The zero-order valence-electron chi connectivity index (χ0n) is 10.4. The summed E-state index contributed by atoms with van der Waals surface area (Å²) >= 11 is 7.60. The number of thiophene rings is 1. The van der Waals surface area contributed by atoms with Crippen LogP contribution in [0, 0.1) is 0 Å². The molecule has 0 amide bonds. The smallest absolute Gasteiger partial charge is 0.0516 e. The zero-order chi connectivity index (χ0) is 13.1. The molecule has 2 N–H and O–H groups in total. The minimum Gasteiger partial charge on any atom is -0.361 e. The van der Waals surface area contributed by atoms with E-state index in [2.05, 4.69) is 40.8 Å². The van der Waals surface area contributed by atoms with E-state index in [4.69, 9.17) is 11.6 Å². The van der Waals surface area contributed by atoms with E-state index in [0.29, 0.717) is 0 Å². The molecule has 0 atom stereocenters. The number of aromatic nitrogens is 1. The highest BCUT2D eigenvalue weighted by Crippen LogP contribution is 2.19. The van der Waals surface area contributed by atoms with Gasteiger partial charge in [0.25, 0.3) is 0 Å². The fourth-order valence-electron chi connectivity index (χ4n) is 2.22. The molecule has 0 saturated carbocycles. The standard InChI is InChI=1S/C15H15ClN2S/c16-12-7-13(19-10-12)9-17-6-5-11-8-18-15-4-2-1-3-14(11)15/h1-4,7-8,10,17-18H,5-6,9H2.